The molecule has 1 unspecified atom stereocenters. The second-order valence-electron chi connectivity index (χ2n) is 4.26. The third-order valence-electron chi connectivity index (χ3n) is 2.95. The van der Waals surface area contributed by atoms with Crippen molar-refractivity contribution >= 4 is 5.97 Å². The van der Waals surface area contributed by atoms with Crippen LogP contribution < -0.4 is 5.32 Å². The summed E-state index contributed by atoms with van der Waals surface area (Å²) in [4.78, 5) is 10.8. The predicted molar refractivity (Wildman–Crippen MR) is 68.4 cm³/mol. The molecule has 0 aromatic carbocycles. The summed E-state index contributed by atoms with van der Waals surface area (Å²) in [6, 6.07) is 0.0828. The molecule has 1 aromatic heterocycles. The molecule has 1 atom stereocenters. The van der Waals surface area contributed by atoms with Crippen LogP contribution in [0.2, 0.25) is 0 Å². The molecule has 18 heavy (non-hydrogen) atoms. The molecule has 0 saturated heterocycles. The summed E-state index contributed by atoms with van der Waals surface area (Å²) in [5.74, 6) is -0.0604. The molecule has 0 radical (unpaired) electrons. The van der Waals surface area contributed by atoms with Crippen LogP contribution in [0, 0.1) is 13.8 Å². The molecule has 0 saturated carbocycles. The van der Waals surface area contributed by atoms with E-state index >= 15 is 0 Å². The molecular formula is C13H20N2O3. The lowest BCUT2D eigenvalue weighted by Gasteiger charge is -2.12. The lowest BCUT2D eigenvalue weighted by molar-refractivity contribution is -0.132. The van der Waals surface area contributed by atoms with Crippen LogP contribution in [-0.2, 0) is 4.79 Å². The topological polar surface area (TPSA) is 75.4 Å². The van der Waals surface area contributed by atoms with Crippen molar-refractivity contribution in [2.45, 2.75) is 40.2 Å². The number of aryl methyl sites for hydroxylation is 2. The van der Waals surface area contributed by atoms with Crippen LogP contribution in [0.4, 0.5) is 0 Å². The molecule has 0 bridgehead atoms. The molecule has 0 aliphatic heterocycles. The van der Waals surface area contributed by atoms with E-state index in [0.717, 1.165) is 17.0 Å². The Morgan fingerprint density at radius 3 is 2.67 bits per heavy atom. The van der Waals surface area contributed by atoms with Gasteiger partial charge in [0.2, 0.25) is 0 Å². The van der Waals surface area contributed by atoms with E-state index in [2.05, 4.69) is 10.5 Å². The highest BCUT2D eigenvalue weighted by molar-refractivity contribution is 5.86. The number of aromatic nitrogens is 1. The van der Waals surface area contributed by atoms with E-state index in [-0.39, 0.29) is 6.04 Å². The van der Waals surface area contributed by atoms with Crippen molar-refractivity contribution in [2.24, 2.45) is 0 Å². The Morgan fingerprint density at radius 1 is 1.56 bits per heavy atom. The SMILES string of the molecule is CCC(=CCNC(C)c1c(C)noc1C)C(=O)O. The zero-order chi connectivity index (χ0) is 13.7. The normalized spacial score (nSPS) is 13.7. The fourth-order valence-corrected chi connectivity index (χ4v) is 1.95. The van der Waals surface area contributed by atoms with Crippen LogP contribution >= 0.6 is 0 Å². The molecule has 0 fully saturated rings. The smallest absolute Gasteiger partial charge is 0.331 e. The summed E-state index contributed by atoms with van der Waals surface area (Å²) in [5, 5.41) is 16.0. The van der Waals surface area contributed by atoms with Gasteiger partial charge in [-0.3, -0.25) is 0 Å². The summed E-state index contributed by atoms with van der Waals surface area (Å²) >= 11 is 0. The Morgan fingerprint density at radius 2 is 2.22 bits per heavy atom. The first kappa shape index (κ1) is 14.4. The van der Waals surface area contributed by atoms with E-state index < -0.39 is 5.97 Å². The Bertz CT molecular complexity index is 430. The van der Waals surface area contributed by atoms with Crippen molar-refractivity contribution in [1.29, 1.82) is 0 Å². The molecule has 0 spiro atoms. The van der Waals surface area contributed by atoms with Crippen molar-refractivity contribution in [1.82, 2.24) is 10.5 Å². The van der Waals surface area contributed by atoms with Crippen molar-refractivity contribution in [3.8, 4) is 0 Å². The van der Waals surface area contributed by atoms with E-state index in [0.29, 0.717) is 18.5 Å². The Kier molecular flexibility index (Phi) is 5.09. The molecule has 100 valence electrons. The molecule has 0 aliphatic rings. The van der Waals surface area contributed by atoms with Gasteiger partial charge < -0.3 is 14.9 Å². The monoisotopic (exact) mass is 252 g/mol. The van der Waals surface area contributed by atoms with E-state index in [1.54, 1.807) is 6.08 Å². The van der Waals surface area contributed by atoms with Crippen LogP contribution in [0.5, 0.6) is 0 Å². The van der Waals surface area contributed by atoms with Gasteiger partial charge in [-0.2, -0.15) is 0 Å². The summed E-state index contributed by atoms with van der Waals surface area (Å²) in [6.07, 6.45) is 2.23. The Balaban J connectivity index is 2.62. The van der Waals surface area contributed by atoms with E-state index in [4.69, 9.17) is 9.63 Å². The maximum Gasteiger partial charge on any atom is 0.331 e. The summed E-state index contributed by atoms with van der Waals surface area (Å²) in [6.45, 7) is 8.12. The van der Waals surface area contributed by atoms with Gasteiger partial charge >= 0.3 is 5.97 Å². The first-order valence-corrected chi connectivity index (χ1v) is 6.05. The van der Waals surface area contributed by atoms with Gasteiger partial charge in [0.05, 0.1) is 5.69 Å². The number of nitrogens with one attached hydrogen (secondary N) is 1. The number of hydrogen-bond acceptors (Lipinski definition) is 4. The van der Waals surface area contributed by atoms with Gasteiger partial charge in [0.25, 0.3) is 0 Å². The van der Waals surface area contributed by atoms with E-state index in [9.17, 15) is 4.79 Å². The minimum atomic E-state index is -0.857. The first-order valence-electron chi connectivity index (χ1n) is 6.05. The Hall–Kier alpha value is -1.62. The van der Waals surface area contributed by atoms with Gasteiger partial charge in [-0.15, -0.1) is 0 Å². The lowest BCUT2D eigenvalue weighted by atomic mass is 10.1. The second kappa shape index (κ2) is 6.35. The number of hydrogen-bond donors (Lipinski definition) is 2. The summed E-state index contributed by atoms with van der Waals surface area (Å²) < 4.78 is 5.10. The largest absolute Gasteiger partial charge is 0.478 e. The molecule has 1 aromatic rings. The third-order valence-corrected chi connectivity index (χ3v) is 2.95. The number of aliphatic carboxylic acids is 1. The predicted octanol–water partition coefficient (Wildman–Crippen LogP) is 2.36. The maximum absolute atomic E-state index is 10.8. The van der Waals surface area contributed by atoms with Gasteiger partial charge in [0.1, 0.15) is 5.76 Å². The van der Waals surface area contributed by atoms with Crippen molar-refractivity contribution < 1.29 is 14.4 Å². The Labute approximate surface area is 107 Å². The highest BCUT2D eigenvalue weighted by atomic mass is 16.5. The molecule has 5 nitrogen and oxygen atoms in total. The van der Waals surface area contributed by atoms with Gasteiger partial charge in [-0.25, -0.2) is 4.79 Å². The quantitative estimate of drug-likeness (QED) is 0.760. The standard InChI is InChI=1S/C13H20N2O3/c1-5-11(13(16)17)6-7-14-8(2)12-9(3)15-18-10(12)4/h6,8,14H,5,7H2,1-4H3,(H,16,17). The zero-order valence-corrected chi connectivity index (χ0v) is 11.3. The summed E-state index contributed by atoms with van der Waals surface area (Å²) in [5.41, 5.74) is 2.33. The molecular weight excluding hydrogens is 232 g/mol. The first-order chi connectivity index (χ1) is 8.47. The van der Waals surface area contributed by atoms with Gasteiger partial charge in [0.15, 0.2) is 0 Å². The minimum Gasteiger partial charge on any atom is -0.478 e. The molecule has 5 heteroatoms. The molecule has 0 amide bonds. The molecule has 0 aliphatic carbocycles. The van der Waals surface area contributed by atoms with Crippen LogP contribution in [0.1, 0.15) is 43.3 Å². The zero-order valence-electron chi connectivity index (χ0n) is 11.3. The highest BCUT2D eigenvalue weighted by Gasteiger charge is 2.15. The van der Waals surface area contributed by atoms with Crippen LogP contribution in [0.15, 0.2) is 16.2 Å². The van der Waals surface area contributed by atoms with Gasteiger partial charge in [-0.1, -0.05) is 18.2 Å². The fourth-order valence-electron chi connectivity index (χ4n) is 1.95. The lowest BCUT2D eigenvalue weighted by Crippen LogP contribution is -2.20. The van der Waals surface area contributed by atoms with Crippen molar-refractivity contribution in [3.63, 3.8) is 0 Å². The van der Waals surface area contributed by atoms with Crippen molar-refractivity contribution in [3.05, 3.63) is 28.7 Å². The molecule has 2 N–H and O–H groups in total. The number of carboxylic acid groups (broad SMARTS) is 1. The second-order valence-corrected chi connectivity index (χ2v) is 4.26. The van der Waals surface area contributed by atoms with Crippen LogP contribution in [0.3, 0.4) is 0 Å². The van der Waals surface area contributed by atoms with E-state index in [1.165, 1.54) is 0 Å². The van der Waals surface area contributed by atoms with Gasteiger partial charge in [-0.05, 0) is 27.2 Å². The molecule has 1 heterocycles. The minimum absolute atomic E-state index is 0.0828. The van der Waals surface area contributed by atoms with Crippen molar-refractivity contribution in [2.75, 3.05) is 6.54 Å². The maximum atomic E-state index is 10.8. The fraction of sp³-hybridized carbons (Fsp3) is 0.538. The summed E-state index contributed by atoms with van der Waals surface area (Å²) in [7, 11) is 0. The van der Waals surface area contributed by atoms with Crippen LogP contribution in [-0.4, -0.2) is 22.8 Å². The average molecular weight is 252 g/mol. The van der Waals surface area contributed by atoms with Gasteiger partial charge in [0, 0.05) is 23.7 Å². The molecule has 1 rings (SSSR count). The third kappa shape index (κ3) is 3.43. The number of rotatable bonds is 6. The number of carbonyl (C=O) groups is 1. The van der Waals surface area contributed by atoms with E-state index in [1.807, 2.05) is 27.7 Å². The highest BCUT2D eigenvalue weighted by Crippen LogP contribution is 2.20. The average Bonchev–Trinajstić information content (AvgIpc) is 2.64. The number of carboxylic acids is 1. The van der Waals surface area contributed by atoms with Crippen LogP contribution in [0.25, 0.3) is 0 Å². The number of nitrogens with zero attached hydrogens (tertiary/aromatic N) is 1.